The van der Waals surface area contributed by atoms with Gasteiger partial charge in [0.25, 0.3) is 0 Å². The number of benzene rings is 6. The predicted molar refractivity (Wildman–Crippen MR) is 264 cm³/mol. The summed E-state index contributed by atoms with van der Waals surface area (Å²) in [7, 11) is 0. The van der Waals surface area contributed by atoms with Crippen LogP contribution < -0.4 is 31.5 Å². The molecule has 8 rings (SSSR count). The van der Waals surface area contributed by atoms with Crippen LogP contribution in [0.15, 0.2) is 170 Å². The first-order chi connectivity index (χ1) is 30.9. The van der Waals surface area contributed by atoms with Gasteiger partial charge in [-0.25, -0.2) is 0 Å². The van der Waals surface area contributed by atoms with Gasteiger partial charge in [-0.05, 0) is 137 Å². The van der Waals surface area contributed by atoms with Crippen LogP contribution in [0.5, 0.6) is 11.5 Å². The van der Waals surface area contributed by atoms with Crippen LogP contribution in [0.25, 0.3) is 10.8 Å². The van der Waals surface area contributed by atoms with E-state index < -0.39 is 11.5 Å². The van der Waals surface area contributed by atoms with Crippen molar-refractivity contribution in [2.45, 2.75) is 79.6 Å². The number of hydrogen-bond acceptors (Lipinski definition) is 8. The Kier molecular flexibility index (Phi) is 20.1. The summed E-state index contributed by atoms with van der Waals surface area (Å²) in [4.78, 5) is 9.80. The molecule has 66 heavy (non-hydrogen) atoms. The maximum absolute atomic E-state index is 10.9. The van der Waals surface area contributed by atoms with Crippen molar-refractivity contribution in [2.24, 2.45) is 0 Å². The molecule has 4 N–H and O–H groups in total. The monoisotopic (exact) mass is 966 g/mol. The molecule has 0 saturated heterocycles. The van der Waals surface area contributed by atoms with E-state index in [0.29, 0.717) is 0 Å². The van der Waals surface area contributed by atoms with Crippen molar-refractivity contribution in [3.63, 3.8) is 0 Å². The number of pyridine rings is 2. The standard InChI is InChI=1S/2C23H27N3.C10H8O2.2Co/c2*1-16-10-5-7-12-20(16)24-18(3)22-14-9-15-23(26-22)19(4)25-21-13-8-6-11-17(21)2;11-9-5-7-3-1-2-4-8(7)6-10(9)12;;/h2*5-15,18-19,24-25H,1-4H3;1-6,11-12H;;/p-2. The Morgan fingerprint density at radius 1 is 0.333 bits per heavy atom. The molecule has 10 heteroatoms. The minimum Gasteiger partial charge on any atom is -0.873 e. The third-order valence-corrected chi connectivity index (χ3v) is 11.2. The van der Waals surface area contributed by atoms with E-state index in [9.17, 15) is 10.2 Å². The Labute approximate surface area is 412 Å². The number of rotatable bonds is 12. The fraction of sp³-hybridized carbons (Fsp3) is 0.214. The molecular formula is C56H60Co2N6O2-2. The van der Waals surface area contributed by atoms with Gasteiger partial charge in [0.1, 0.15) is 0 Å². The molecule has 2 aromatic heterocycles. The smallest absolute Gasteiger partial charge is 0.0657 e. The predicted octanol–water partition coefficient (Wildman–Crippen LogP) is 13.1. The molecule has 0 amide bonds. The van der Waals surface area contributed by atoms with E-state index in [4.69, 9.17) is 9.97 Å². The molecule has 2 heterocycles. The molecule has 4 unspecified atom stereocenters. The molecule has 0 aliphatic heterocycles. The average Bonchev–Trinajstić information content (AvgIpc) is 3.30. The molecule has 4 atom stereocenters. The van der Waals surface area contributed by atoms with E-state index in [1.54, 1.807) is 0 Å². The summed E-state index contributed by atoms with van der Waals surface area (Å²) < 4.78 is 0. The molecule has 2 radical (unpaired) electrons. The topological polar surface area (TPSA) is 120 Å². The van der Waals surface area contributed by atoms with Crippen LogP contribution in [0.3, 0.4) is 0 Å². The first-order valence-corrected chi connectivity index (χ1v) is 22.0. The van der Waals surface area contributed by atoms with E-state index in [-0.39, 0.29) is 57.7 Å². The quantitative estimate of drug-likeness (QED) is 0.0956. The number of anilines is 4. The molecule has 0 fully saturated rings. The normalized spacial score (nSPS) is 12.2. The number of fused-ring (bicyclic) bond motifs is 1. The Hall–Kier alpha value is -6.31. The number of nitrogens with zero attached hydrogens (tertiary/aromatic N) is 2. The SMILES string of the molecule is Cc1ccccc1NC(C)c1cccc(C(C)Nc2ccccc2C)n1.Cc1ccccc1NC(C)c1cccc(C(C)Nc2ccccc2C)n1.[Co].[Co].[O-]c1cc2ccccc2cc1[O-]. The van der Waals surface area contributed by atoms with Crippen LogP contribution in [0, 0.1) is 27.7 Å². The van der Waals surface area contributed by atoms with Crippen LogP contribution in [0.2, 0.25) is 0 Å². The Morgan fingerprint density at radius 2 is 0.561 bits per heavy atom. The summed E-state index contributed by atoms with van der Waals surface area (Å²) in [6, 6.07) is 56.5. The molecular weight excluding hydrogens is 907 g/mol. The third-order valence-electron chi connectivity index (χ3n) is 11.2. The average molecular weight is 967 g/mol. The zero-order valence-electron chi connectivity index (χ0n) is 38.9. The fourth-order valence-electron chi connectivity index (χ4n) is 7.27. The summed E-state index contributed by atoms with van der Waals surface area (Å²) >= 11 is 0. The largest absolute Gasteiger partial charge is 0.873 e. The van der Waals surface area contributed by atoms with Crippen LogP contribution >= 0.6 is 0 Å². The molecule has 8 nitrogen and oxygen atoms in total. The first-order valence-electron chi connectivity index (χ1n) is 22.0. The van der Waals surface area contributed by atoms with Gasteiger partial charge in [-0.2, -0.15) is 0 Å². The summed E-state index contributed by atoms with van der Waals surface area (Å²) in [5.74, 6) is -0.873. The number of aryl methyl sites for hydroxylation is 4. The second-order valence-corrected chi connectivity index (χ2v) is 16.3. The molecule has 8 aromatic rings. The van der Waals surface area contributed by atoms with Crippen LogP contribution in [0.1, 0.15) is 96.9 Å². The van der Waals surface area contributed by atoms with Crippen molar-refractivity contribution in [3.8, 4) is 11.5 Å². The van der Waals surface area contributed by atoms with Crippen molar-refractivity contribution in [3.05, 3.63) is 215 Å². The summed E-state index contributed by atoms with van der Waals surface area (Å²) in [6.07, 6.45) is 0. The molecule has 346 valence electrons. The maximum Gasteiger partial charge on any atom is 0.0657 e. The van der Waals surface area contributed by atoms with E-state index in [1.165, 1.54) is 34.4 Å². The molecule has 0 bridgehead atoms. The van der Waals surface area contributed by atoms with Gasteiger partial charge in [0.05, 0.1) is 46.9 Å². The third kappa shape index (κ3) is 14.6. The summed E-state index contributed by atoms with van der Waals surface area (Å²) in [6.45, 7) is 17.1. The first kappa shape index (κ1) is 52.3. The van der Waals surface area contributed by atoms with Gasteiger partial charge in [0.2, 0.25) is 0 Å². The van der Waals surface area contributed by atoms with Crippen LogP contribution in [-0.4, -0.2) is 9.97 Å². The molecule has 0 aliphatic carbocycles. The van der Waals surface area contributed by atoms with Gasteiger partial charge in [-0.1, -0.05) is 121 Å². The number of para-hydroxylation sites is 4. The summed E-state index contributed by atoms with van der Waals surface area (Å²) in [5.41, 5.74) is 13.8. The van der Waals surface area contributed by atoms with Crippen molar-refractivity contribution in [2.75, 3.05) is 21.3 Å². The van der Waals surface area contributed by atoms with Crippen LogP contribution in [0.4, 0.5) is 22.7 Å². The van der Waals surface area contributed by atoms with Crippen LogP contribution in [-0.2, 0) is 33.6 Å². The molecule has 0 saturated carbocycles. The van der Waals surface area contributed by atoms with Crippen molar-refractivity contribution >= 4 is 33.5 Å². The van der Waals surface area contributed by atoms with Crippen molar-refractivity contribution in [1.82, 2.24) is 9.97 Å². The minimum atomic E-state index is -0.436. The van der Waals surface area contributed by atoms with Crippen molar-refractivity contribution in [1.29, 1.82) is 0 Å². The molecule has 6 aromatic carbocycles. The van der Waals surface area contributed by atoms with E-state index >= 15 is 0 Å². The fourth-order valence-corrected chi connectivity index (χ4v) is 7.27. The molecule has 0 spiro atoms. The van der Waals surface area contributed by atoms with Gasteiger partial charge >= 0.3 is 0 Å². The van der Waals surface area contributed by atoms with Gasteiger partial charge in [0.15, 0.2) is 0 Å². The summed E-state index contributed by atoms with van der Waals surface area (Å²) in [5, 5.41) is 37.8. The van der Waals surface area contributed by atoms with Crippen molar-refractivity contribution < 1.29 is 43.8 Å². The minimum absolute atomic E-state index is 0. The van der Waals surface area contributed by atoms with E-state index in [2.05, 4.69) is 210 Å². The number of hydrogen-bond donors (Lipinski definition) is 4. The Morgan fingerprint density at radius 3 is 0.803 bits per heavy atom. The second-order valence-electron chi connectivity index (χ2n) is 16.3. The Balaban J connectivity index is 0.000000226. The molecule has 0 aliphatic rings. The maximum atomic E-state index is 10.9. The van der Waals surface area contributed by atoms with Gasteiger partial charge in [0, 0.05) is 56.3 Å². The number of aromatic nitrogens is 2. The number of nitrogens with one attached hydrogen (secondary N) is 4. The van der Waals surface area contributed by atoms with E-state index in [1.807, 2.05) is 24.3 Å². The van der Waals surface area contributed by atoms with Gasteiger partial charge in [-0.3, -0.25) is 9.97 Å². The van der Waals surface area contributed by atoms with Gasteiger partial charge in [-0.15, -0.1) is 11.5 Å². The van der Waals surface area contributed by atoms with E-state index in [0.717, 1.165) is 56.3 Å². The second kappa shape index (κ2) is 25.4. The van der Waals surface area contributed by atoms with Gasteiger partial charge < -0.3 is 31.5 Å². The Bertz CT molecular complexity index is 2440. The zero-order chi connectivity index (χ0) is 45.6. The zero-order valence-corrected chi connectivity index (χ0v) is 40.9.